The van der Waals surface area contributed by atoms with Gasteiger partial charge in [0.05, 0.1) is 11.8 Å². The van der Waals surface area contributed by atoms with Gasteiger partial charge in [-0.1, -0.05) is 12.2 Å². The number of rotatable bonds is 3. The SMILES string of the molecule is Cc1cnc(NC(=O)CN2C(=O)C3C4C=CC(C4)C3C2=O)s1. The molecule has 3 amide bonds. The van der Waals surface area contributed by atoms with Crippen molar-refractivity contribution in [2.45, 2.75) is 13.3 Å². The molecule has 2 aliphatic carbocycles. The molecule has 1 saturated heterocycles. The minimum absolute atomic E-state index is 0.168. The highest BCUT2D eigenvalue weighted by Crippen LogP contribution is 2.52. The third-order valence-corrected chi connectivity index (χ3v) is 5.56. The first-order chi connectivity index (χ1) is 10.5. The second-order valence-corrected chi connectivity index (χ2v) is 7.32. The average Bonchev–Trinajstić information content (AvgIpc) is 3.21. The average molecular weight is 317 g/mol. The number of aromatic nitrogens is 1. The van der Waals surface area contributed by atoms with Gasteiger partial charge in [-0.25, -0.2) is 4.98 Å². The highest BCUT2D eigenvalue weighted by molar-refractivity contribution is 7.15. The number of aryl methyl sites for hydroxylation is 1. The van der Waals surface area contributed by atoms with Crippen LogP contribution in [0.4, 0.5) is 5.13 Å². The Morgan fingerprint density at radius 2 is 1.95 bits per heavy atom. The standard InChI is InChI=1S/C15H15N3O3S/c1-7-5-16-15(22-7)17-10(19)6-18-13(20)11-8-2-3-9(4-8)12(11)14(18)21/h2-3,5,8-9,11-12H,4,6H2,1H3,(H,16,17,19). The molecule has 0 aromatic carbocycles. The Morgan fingerprint density at radius 1 is 1.32 bits per heavy atom. The van der Waals surface area contributed by atoms with Gasteiger partial charge in [0.1, 0.15) is 6.54 Å². The monoisotopic (exact) mass is 317 g/mol. The van der Waals surface area contributed by atoms with E-state index in [0.717, 1.165) is 16.2 Å². The van der Waals surface area contributed by atoms with Crippen molar-refractivity contribution in [3.8, 4) is 0 Å². The van der Waals surface area contributed by atoms with Crippen LogP contribution < -0.4 is 5.32 Å². The topological polar surface area (TPSA) is 79.4 Å². The zero-order valence-corrected chi connectivity index (χ0v) is 12.8. The van der Waals surface area contributed by atoms with Crippen LogP contribution in [0.5, 0.6) is 0 Å². The van der Waals surface area contributed by atoms with Gasteiger partial charge in [0.15, 0.2) is 5.13 Å². The van der Waals surface area contributed by atoms with Gasteiger partial charge in [-0.15, -0.1) is 11.3 Å². The Labute approximate surface area is 131 Å². The van der Waals surface area contributed by atoms with Crippen molar-refractivity contribution >= 4 is 34.2 Å². The van der Waals surface area contributed by atoms with Gasteiger partial charge in [-0.3, -0.25) is 19.3 Å². The molecule has 3 aliphatic rings. The van der Waals surface area contributed by atoms with Crippen molar-refractivity contribution in [1.82, 2.24) is 9.88 Å². The summed E-state index contributed by atoms with van der Waals surface area (Å²) in [7, 11) is 0. The molecule has 0 spiro atoms. The van der Waals surface area contributed by atoms with Gasteiger partial charge in [0, 0.05) is 11.1 Å². The lowest BCUT2D eigenvalue weighted by atomic mass is 9.85. The van der Waals surface area contributed by atoms with Gasteiger partial charge in [-0.05, 0) is 25.2 Å². The number of thiazole rings is 1. The maximum Gasteiger partial charge on any atom is 0.246 e. The largest absolute Gasteiger partial charge is 0.300 e. The van der Waals surface area contributed by atoms with E-state index in [4.69, 9.17) is 0 Å². The van der Waals surface area contributed by atoms with E-state index in [2.05, 4.69) is 10.3 Å². The summed E-state index contributed by atoms with van der Waals surface area (Å²) in [6, 6.07) is 0. The summed E-state index contributed by atoms with van der Waals surface area (Å²) in [4.78, 5) is 43.1. The predicted octanol–water partition coefficient (Wildman–Crippen LogP) is 1.20. The summed E-state index contributed by atoms with van der Waals surface area (Å²) in [5.41, 5.74) is 0. The Morgan fingerprint density at radius 3 is 2.50 bits per heavy atom. The summed E-state index contributed by atoms with van der Waals surface area (Å²) >= 11 is 1.36. The molecule has 2 heterocycles. The molecule has 114 valence electrons. The fourth-order valence-electron chi connectivity index (χ4n) is 3.83. The molecule has 1 aromatic heterocycles. The van der Waals surface area contributed by atoms with Crippen LogP contribution in [-0.4, -0.2) is 34.2 Å². The molecule has 4 atom stereocenters. The fraction of sp³-hybridized carbons (Fsp3) is 0.467. The number of likely N-dealkylation sites (tertiary alicyclic amines) is 1. The number of amides is 3. The molecule has 4 rings (SSSR count). The van der Waals surface area contributed by atoms with Gasteiger partial charge in [-0.2, -0.15) is 0 Å². The van der Waals surface area contributed by atoms with Crippen LogP contribution in [0.25, 0.3) is 0 Å². The van der Waals surface area contributed by atoms with Crippen LogP contribution in [0, 0.1) is 30.6 Å². The summed E-state index contributed by atoms with van der Waals surface area (Å²) in [6.07, 6.45) is 6.64. The van der Waals surface area contributed by atoms with E-state index < -0.39 is 0 Å². The number of hydrogen-bond acceptors (Lipinski definition) is 5. The zero-order chi connectivity index (χ0) is 15.4. The lowest BCUT2D eigenvalue weighted by Gasteiger charge is -2.16. The highest BCUT2D eigenvalue weighted by Gasteiger charge is 2.59. The van der Waals surface area contributed by atoms with Crippen LogP contribution >= 0.6 is 11.3 Å². The van der Waals surface area contributed by atoms with E-state index in [1.54, 1.807) is 6.20 Å². The van der Waals surface area contributed by atoms with Crippen molar-refractivity contribution in [2.75, 3.05) is 11.9 Å². The molecule has 6 nitrogen and oxygen atoms in total. The molecule has 0 radical (unpaired) electrons. The van der Waals surface area contributed by atoms with E-state index in [-0.39, 0.29) is 47.9 Å². The molecular weight excluding hydrogens is 302 g/mol. The first kappa shape index (κ1) is 13.6. The molecule has 4 unspecified atom stereocenters. The van der Waals surface area contributed by atoms with Gasteiger partial charge < -0.3 is 5.32 Å². The first-order valence-electron chi connectivity index (χ1n) is 7.30. The van der Waals surface area contributed by atoms with Gasteiger partial charge in [0.2, 0.25) is 17.7 Å². The van der Waals surface area contributed by atoms with Crippen molar-refractivity contribution in [1.29, 1.82) is 0 Å². The van der Waals surface area contributed by atoms with Crippen LogP contribution in [0.2, 0.25) is 0 Å². The number of fused-ring (bicyclic) bond motifs is 5. The summed E-state index contributed by atoms with van der Waals surface area (Å²) in [5.74, 6) is -0.942. The molecule has 7 heteroatoms. The second-order valence-electron chi connectivity index (χ2n) is 6.09. The molecule has 2 bridgehead atoms. The Kier molecular flexibility index (Phi) is 2.94. The van der Waals surface area contributed by atoms with Crippen LogP contribution in [0.15, 0.2) is 18.3 Å². The molecule has 1 aromatic rings. The highest BCUT2D eigenvalue weighted by atomic mass is 32.1. The van der Waals surface area contributed by atoms with Crippen LogP contribution in [-0.2, 0) is 14.4 Å². The van der Waals surface area contributed by atoms with Crippen molar-refractivity contribution < 1.29 is 14.4 Å². The zero-order valence-electron chi connectivity index (χ0n) is 12.0. The number of anilines is 1. The number of imide groups is 1. The number of carbonyl (C=O) groups excluding carboxylic acids is 3. The van der Waals surface area contributed by atoms with Crippen molar-refractivity contribution in [2.24, 2.45) is 23.7 Å². The normalized spacial score (nSPS) is 32.0. The maximum absolute atomic E-state index is 12.5. The quantitative estimate of drug-likeness (QED) is 0.671. The van der Waals surface area contributed by atoms with E-state index in [0.29, 0.717) is 5.13 Å². The van der Waals surface area contributed by atoms with E-state index >= 15 is 0 Å². The second kappa shape index (κ2) is 4.74. The number of carbonyl (C=O) groups is 3. The number of hydrogen-bond donors (Lipinski definition) is 1. The lowest BCUT2D eigenvalue weighted by Crippen LogP contribution is -2.39. The molecule has 1 N–H and O–H groups in total. The van der Waals surface area contributed by atoms with Crippen molar-refractivity contribution in [3.05, 3.63) is 23.2 Å². The van der Waals surface area contributed by atoms with Crippen molar-refractivity contribution in [3.63, 3.8) is 0 Å². The van der Waals surface area contributed by atoms with E-state index in [1.165, 1.54) is 11.3 Å². The number of nitrogens with one attached hydrogen (secondary N) is 1. The molecule has 2 fully saturated rings. The number of nitrogens with zero attached hydrogens (tertiary/aromatic N) is 2. The Hall–Kier alpha value is -2.02. The Balaban J connectivity index is 1.46. The third kappa shape index (κ3) is 1.92. The lowest BCUT2D eigenvalue weighted by molar-refractivity contribution is -0.143. The summed E-state index contributed by atoms with van der Waals surface area (Å²) in [6.45, 7) is 1.67. The molecule has 1 aliphatic heterocycles. The molecular formula is C15H15N3O3S. The predicted molar refractivity (Wildman–Crippen MR) is 79.9 cm³/mol. The minimum atomic E-state index is -0.378. The van der Waals surface area contributed by atoms with Gasteiger partial charge in [0.25, 0.3) is 0 Å². The smallest absolute Gasteiger partial charge is 0.246 e. The first-order valence-corrected chi connectivity index (χ1v) is 8.12. The Bertz CT molecular complexity index is 681. The summed E-state index contributed by atoms with van der Waals surface area (Å²) in [5, 5.41) is 3.13. The minimum Gasteiger partial charge on any atom is -0.300 e. The third-order valence-electron chi connectivity index (χ3n) is 4.73. The maximum atomic E-state index is 12.5. The van der Waals surface area contributed by atoms with E-state index in [1.807, 2.05) is 19.1 Å². The van der Waals surface area contributed by atoms with Gasteiger partial charge >= 0.3 is 0 Å². The number of allylic oxidation sites excluding steroid dienone is 2. The molecule has 1 saturated carbocycles. The summed E-state index contributed by atoms with van der Waals surface area (Å²) < 4.78 is 0. The van der Waals surface area contributed by atoms with E-state index in [9.17, 15) is 14.4 Å². The molecule has 22 heavy (non-hydrogen) atoms. The van der Waals surface area contributed by atoms with Crippen LogP contribution in [0.1, 0.15) is 11.3 Å². The fourth-order valence-corrected chi connectivity index (χ4v) is 4.52. The van der Waals surface area contributed by atoms with Crippen LogP contribution in [0.3, 0.4) is 0 Å².